The Labute approximate surface area is 116 Å². The molecule has 0 aliphatic rings. The quantitative estimate of drug-likeness (QED) is 0.819. The van der Waals surface area contributed by atoms with Crippen molar-refractivity contribution in [2.24, 2.45) is 0 Å². The van der Waals surface area contributed by atoms with Crippen LogP contribution in [0.3, 0.4) is 0 Å². The molecule has 0 bridgehead atoms. The second-order valence-corrected chi connectivity index (χ2v) is 5.45. The summed E-state index contributed by atoms with van der Waals surface area (Å²) in [7, 11) is 1.78. The van der Waals surface area contributed by atoms with Crippen LogP contribution in [0.25, 0.3) is 0 Å². The lowest BCUT2D eigenvalue weighted by Gasteiger charge is -2.16. The molecule has 0 aliphatic carbocycles. The second kappa shape index (κ2) is 6.48. The normalized spacial score (nSPS) is 10.4. The monoisotopic (exact) mass is 277 g/mol. The third-order valence-electron chi connectivity index (χ3n) is 2.96. The number of hydrogen-bond donors (Lipinski definition) is 0. The molecule has 1 aromatic carbocycles. The van der Waals surface area contributed by atoms with E-state index >= 15 is 0 Å². The van der Waals surface area contributed by atoms with Gasteiger partial charge in [-0.05, 0) is 29.5 Å². The molecule has 19 heavy (non-hydrogen) atoms. The third kappa shape index (κ3) is 3.89. The average Bonchev–Trinajstić information content (AvgIpc) is 2.90. The fraction of sp³-hybridized carbons (Fsp3) is 0.267. The van der Waals surface area contributed by atoms with Gasteiger partial charge in [0.2, 0.25) is 5.91 Å². The smallest absolute Gasteiger partial charge is 0.222 e. The Hall–Kier alpha value is -1.68. The highest BCUT2D eigenvalue weighted by Crippen LogP contribution is 2.13. The van der Waals surface area contributed by atoms with Gasteiger partial charge in [-0.3, -0.25) is 4.79 Å². The van der Waals surface area contributed by atoms with Crippen molar-refractivity contribution >= 4 is 17.2 Å². The van der Waals surface area contributed by atoms with E-state index in [1.165, 1.54) is 6.07 Å². The molecule has 4 heteroatoms. The summed E-state index contributed by atoms with van der Waals surface area (Å²) in [5.74, 6) is -0.201. The van der Waals surface area contributed by atoms with Crippen LogP contribution in [0, 0.1) is 5.82 Å². The van der Waals surface area contributed by atoms with E-state index in [0.29, 0.717) is 24.9 Å². The molecule has 0 aliphatic heterocycles. The number of benzene rings is 1. The minimum Gasteiger partial charge on any atom is -0.341 e. The van der Waals surface area contributed by atoms with Crippen LogP contribution < -0.4 is 0 Å². The van der Waals surface area contributed by atoms with Crippen molar-refractivity contribution in [3.63, 3.8) is 0 Å². The Morgan fingerprint density at radius 2 is 2.05 bits per heavy atom. The number of carbonyl (C=O) groups is 1. The van der Waals surface area contributed by atoms with Gasteiger partial charge in [-0.25, -0.2) is 4.39 Å². The highest BCUT2D eigenvalue weighted by molar-refractivity contribution is 7.09. The maximum absolute atomic E-state index is 13.4. The van der Waals surface area contributed by atoms with E-state index in [1.807, 2.05) is 17.5 Å². The summed E-state index contributed by atoms with van der Waals surface area (Å²) in [6.07, 6.45) is 0.781. The summed E-state index contributed by atoms with van der Waals surface area (Å²) in [6, 6.07) is 10.6. The van der Waals surface area contributed by atoms with Crippen LogP contribution in [0.4, 0.5) is 4.39 Å². The third-order valence-corrected chi connectivity index (χ3v) is 3.83. The highest BCUT2D eigenvalue weighted by atomic mass is 32.1. The van der Waals surface area contributed by atoms with Crippen LogP contribution in [0.15, 0.2) is 41.8 Å². The van der Waals surface area contributed by atoms with E-state index in [4.69, 9.17) is 0 Å². The van der Waals surface area contributed by atoms with Crippen molar-refractivity contribution in [1.29, 1.82) is 0 Å². The first kappa shape index (κ1) is 13.7. The Kier molecular flexibility index (Phi) is 4.68. The van der Waals surface area contributed by atoms with E-state index in [9.17, 15) is 9.18 Å². The minimum atomic E-state index is -0.240. The number of amides is 1. The van der Waals surface area contributed by atoms with Gasteiger partial charge in [0, 0.05) is 18.3 Å². The Morgan fingerprint density at radius 3 is 2.74 bits per heavy atom. The van der Waals surface area contributed by atoms with Crippen LogP contribution in [-0.2, 0) is 17.8 Å². The highest BCUT2D eigenvalue weighted by Gasteiger charge is 2.11. The summed E-state index contributed by atoms with van der Waals surface area (Å²) < 4.78 is 13.4. The van der Waals surface area contributed by atoms with Gasteiger partial charge >= 0.3 is 0 Å². The molecule has 1 amide bonds. The lowest BCUT2D eigenvalue weighted by Crippen LogP contribution is -2.26. The summed E-state index contributed by atoms with van der Waals surface area (Å²) in [5.41, 5.74) is 0.598. The fourth-order valence-electron chi connectivity index (χ4n) is 1.86. The zero-order valence-corrected chi connectivity index (χ0v) is 11.6. The molecule has 0 atom stereocenters. The van der Waals surface area contributed by atoms with Gasteiger partial charge < -0.3 is 4.90 Å². The molecular formula is C15H16FNOS. The number of hydrogen-bond acceptors (Lipinski definition) is 2. The number of nitrogens with zero attached hydrogens (tertiary/aromatic N) is 1. The first-order valence-corrected chi connectivity index (χ1v) is 7.04. The number of aryl methyl sites for hydroxylation is 1. The van der Waals surface area contributed by atoms with Crippen molar-refractivity contribution in [3.8, 4) is 0 Å². The second-order valence-electron chi connectivity index (χ2n) is 4.42. The minimum absolute atomic E-state index is 0.0386. The molecule has 0 saturated carbocycles. The maximum Gasteiger partial charge on any atom is 0.222 e. The topological polar surface area (TPSA) is 20.3 Å². The van der Waals surface area contributed by atoms with Gasteiger partial charge in [-0.15, -0.1) is 11.3 Å². The van der Waals surface area contributed by atoms with Crippen LogP contribution >= 0.6 is 11.3 Å². The summed E-state index contributed by atoms with van der Waals surface area (Å²) in [4.78, 5) is 14.8. The average molecular weight is 277 g/mol. The maximum atomic E-state index is 13.4. The predicted molar refractivity (Wildman–Crippen MR) is 75.5 cm³/mol. The Balaban J connectivity index is 1.86. The molecule has 0 spiro atoms. The van der Waals surface area contributed by atoms with Gasteiger partial charge in [0.1, 0.15) is 5.82 Å². The summed E-state index contributed by atoms with van der Waals surface area (Å²) in [5, 5.41) is 1.99. The lowest BCUT2D eigenvalue weighted by atomic mass is 10.1. The summed E-state index contributed by atoms with van der Waals surface area (Å²) >= 11 is 1.63. The SMILES string of the molecule is CN(Cc1cccs1)C(=O)CCc1ccccc1F. The predicted octanol–water partition coefficient (Wildman–Crippen LogP) is 3.48. The van der Waals surface area contributed by atoms with E-state index in [2.05, 4.69) is 0 Å². The molecule has 2 aromatic rings. The van der Waals surface area contributed by atoms with Crippen molar-refractivity contribution in [2.45, 2.75) is 19.4 Å². The van der Waals surface area contributed by atoms with Gasteiger partial charge in [-0.2, -0.15) is 0 Å². The van der Waals surface area contributed by atoms with Crippen molar-refractivity contribution in [1.82, 2.24) is 4.90 Å². The number of thiophene rings is 1. The molecular weight excluding hydrogens is 261 g/mol. The largest absolute Gasteiger partial charge is 0.341 e. The summed E-state index contributed by atoms with van der Waals surface area (Å²) in [6.45, 7) is 0.619. The standard InChI is InChI=1S/C15H16FNOS/c1-17(11-13-6-4-10-19-13)15(18)9-8-12-5-2-3-7-14(12)16/h2-7,10H,8-9,11H2,1H3. The molecule has 0 saturated heterocycles. The first-order valence-electron chi connectivity index (χ1n) is 6.16. The molecule has 0 radical (unpaired) electrons. The molecule has 1 heterocycles. The molecule has 0 unspecified atom stereocenters. The van der Waals surface area contributed by atoms with Crippen LogP contribution in [0.2, 0.25) is 0 Å². The van der Waals surface area contributed by atoms with Gasteiger partial charge in [-0.1, -0.05) is 24.3 Å². The molecule has 1 aromatic heterocycles. The molecule has 100 valence electrons. The van der Waals surface area contributed by atoms with Gasteiger partial charge in [0.05, 0.1) is 6.54 Å². The van der Waals surface area contributed by atoms with Crippen molar-refractivity contribution < 1.29 is 9.18 Å². The number of carbonyl (C=O) groups excluding carboxylic acids is 1. The van der Waals surface area contributed by atoms with Crippen LogP contribution in [0.5, 0.6) is 0 Å². The zero-order valence-electron chi connectivity index (χ0n) is 10.8. The number of rotatable bonds is 5. The molecule has 0 fully saturated rings. The van der Waals surface area contributed by atoms with E-state index in [1.54, 1.807) is 41.5 Å². The fourth-order valence-corrected chi connectivity index (χ4v) is 2.62. The van der Waals surface area contributed by atoms with Gasteiger partial charge in [0.25, 0.3) is 0 Å². The van der Waals surface area contributed by atoms with Crippen LogP contribution in [0.1, 0.15) is 16.9 Å². The van der Waals surface area contributed by atoms with E-state index in [-0.39, 0.29) is 11.7 Å². The molecule has 2 rings (SSSR count). The zero-order chi connectivity index (χ0) is 13.7. The van der Waals surface area contributed by atoms with E-state index in [0.717, 1.165) is 4.88 Å². The van der Waals surface area contributed by atoms with E-state index < -0.39 is 0 Å². The molecule has 2 nitrogen and oxygen atoms in total. The first-order chi connectivity index (χ1) is 9.16. The molecule has 0 N–H and O–H groups in total. The Morgan fingerprint density at radius 1 is 1.26 bits per heavy atom. The van der Waals surface area contributed by atoms with Crippen molar-refractivity contribution in [2.75, 3.05) is 7.05 Å². The van der Waals surface area contributed by atoms with Crippen LogP contribution in [-0.4, -0.2) is 17.9 Å². The Bertz CT molecular complexity index is 539. The van der Waals surface area contributed by atoms with Crippen molar-refractivity contribution in [3.05, 3.63) is 58.0 Å². The van der Waals surface area contributed by atoms with Gasteiger partial charge in [0.15, 0.2) is 0 Å². The number of halogens is 1. The lowest BCUT2D eigenvalue weighted by molar-refractivity contribution is -0.130.